The largest absolute Gasteiger partial charge is 0.409 e. The molecule has 6 nitrogen and oxygen atoms in total. The molecule has 2 rings (SSSR count). The molecule has 0 fully saturated rings. The third-order valence-electron chi connectivity index (χ3n) is 2.75. The highest BCUT2D eigenvalue weighted by molar-refractivity contribution is 7.09. The Morgan fingerprint density at radius 3 is 2.90 bits per heavy atom. The minimum Gasteiger partial charge on any atom is -0.409 e. The van der Waals surface area contributed by atoms with E-state index >= 15 is 0 Å². The van der Waals surface area contributed by atoms with E-state index in [-0.39, 0.29) is 23.9 Å². The van der Waals surface area contributed by atoms with Crippen molar-refractivity contribution in [2.75, 3.05) is 0 Å². The van der Waals surface area contributed by atoms with E-state index in [4.69, 9.17) is 10.9 Å². The fraction of sp³-hybridized carbons (Fsp3) is 0.154. The number of rotatable bonds is 4. The minimum atomic E-state index is -0.547. The van der Waals surface area contributed by atoms with Crippen LogP contribution in [0.25, 0.3) is 0 Å². The lowest BCUT2D eigenvalue weighted by Gasteiger charge is -2.06. The van der Waals surface area contributed by atoms with E-state index in [1.54, 1.807) is 12.3 Å². The first-order valence-corrected chi connectivity index (χ1v) is 6.86. The summed E-state index contributed by atoms with van der Waals surface area (Å²) in [7, 11) is 0. The van der Waals surface area contributed by atoms with Gasteiger partial charge in [0.25, 0.3) is 5.91 Å². The number of benzene rings is 1. The fourth-order valence-corrected chi connectivity index (χ4v) is 2.23. The zero-order valence-corrected chi connectivity index (χ0v) is 11.9. The SMILES string of the molecule is Cc1nc(C(=O)NCc2ccc(C(N)=NO)cc2F)cs1. The topological polar surface area (TPSA) is 101 Å². The molecule has 0 bridgehead atoms. The van der Waals surface area contributed by atoms with Crippen LogP contribution in [0.1, 0.15) is 26.6 Å². The van der Waals surface area contributed by atoms with Crippen LogP contribution in [-0.2, 0) is 6.54 Å². The molecule has 0 aliphatic heterocycles. The normalized spacial score (nSPS) is 11.4. The third kappa shape index (κ3) is 3.54. The van der Waals surface area contributed by atoms with Crippen LogP contribution in [0.2, 0.25) is 0 Å². The summed E-state index contributed by atoms with van der Waals surface area (Å²) in [5.74, 6) is -1.09. The van der Waals surface area contributed by atoms with Crippen molar-refractivity contribution in [1.29, 1.82) is 0 Å². The molecule has 2 aromatic rings. The molecule has 21 heavy (non-hydrogen) atoms. The highest BCUT2D eigenvalue weighted by atomic mass is 32.1. The molecule has 0 aliphatic rings. The number of nitrogens with two attached hydrogens (primary N) is 1. The van der Waals surface area contributed by atoms with Gasteiger partial charge in [0, 0.05) is 23.1 Å². The van der Waals surface area contributed by atoms with E-state index in [0.29, 0.717) is 11.3 Å². The van der Waals surface area contributed by atoms with E-state index < -0.39 is 5.82 Å². The quantitative estimate of drug-likeness (QED) is 0.346. The molecule has 1 aromatic heterocycles. The number of amidine groups is 1. The average Bonchev–Trinajstić information content (AvgIpc) is 2.91. The molecular weight excluding hydrogens is 295 g/mol. The average molecular weight is 308 g/mol. The summed E-state index contributed by atoms with van der Waals surface area (Å²) in [5, 5.41) is 16.3. The number of aromatic nitrogens is 1. The Morgan fingerprint density at radius 1 is 1.57 bits per heavy atom. The van der Waals surface area contributed by atoms with Crippen molar-refractivity contribution in [3.63, 3.8) is 0 Å². The maximum absolute atomic E-state index is 13.8. The number of nitrogens with zero attached hydrogens (tertiary/aromatic N) is 2. The number of aryl methyl sites for hydroxylation is 1. The van der Waals surface area contributed by atoms with Crippen LogP contribution < -0.4 is 11.1 Å². The van der Waals surface area contributed by atoms with Crippen molar-refractivity contribution in [2.45, 2.75) is 13.5 Å². The predicted molar refractivity (Wildman–Crippen MR) is 76.9 cm³/mol. The number of nitrogens with one attached hydrogen (secondary N) is 1. The minimum absolute atomic E-state index is 0.0255. The number of oxime groups is 1. The van der Waals surface area contributed by atoms with E-state index in [2.05, 4.69) is 15.5 Å². The first-order valence-electron chi connectivity index (χ1n) is 5.98. The fourth-order valence-electron chi connectivity index (χ4n) is 1.64. The van der Waals surface area contributed by atoms with E-state index in [1.807, 2.05) is 0 Å². The first kappa shape index (κ1) is 14.9. The van der Waals surface area contributed by atoms with Crippen LogP contribution in [0.15, 0.2) is 28.7 Å². The van der Waals surface area contributed by atoms with Gasteiger partial charge in [-0.3, -0.25) is 4.79 Å². The van der Waals surface area contributed by atoms with Gasteiger partial charge in [0.1, 0.15) is 11.5 Å². The van der Waals surface area contributed by atoms with Gasteiger partial charge in [-0.05, 0) is 13.0 Å². The third-order valence-corrected chi connectivity index (χ3v) is 3.52. The van der Waals surface area contributed by atoms with Gasteiger partial charge in [-0.15, -0.1) is 11.3 Å². The molecule has 8 heteroatoms. The van der Waals surface area contributed by atoms with Crippen molar-refractivity contribution in [2.24, 2.45) is 10.9 Å². The van der Waals surface area contributed by atoms with Gasteiger partial charge >= 0.3 is 0 Å². The lowest BCUT2D eigenvalue weighted by Crippen LogP contribution is -2.24. The van der Waals surface area contributed by atoms with Gasteiger partial charge in [0.2, 0.25) is 0 Å². The van der Waals surface area contributed by atoms with E-state index in [9.17, 15) is 9.18 Å². The Balaban J connectivity index is 2.05. The van der Waals surface area contributed by atoms with E-state index in [1.165, 1.54) is 23.5 Å². The van der Waals surface area contributed by atoms with Crippen molar-refractivity contribution >= 4 is 23.1 Å². The Kier molecular flexibility index (Phi) is 4.49. The smallest absolute Gasteiger partial charge is 0.271 e. The summed E-state index contributed by atoms with van der Waals surface area (Å²) < 4.78 is 13.8. The van der Waals surface area contributed by atoms with Crippen molar-refractivity contribution in [3.05, 3.63) is 51.2 Å². The lowest BCUT2D eigenvalue weighted by molar-refractivity contribution is 0.0946. The zero-order chi connectivity index (χ0) is 15.4. The highest BCUT2D eigenvalue weighted by Crippen LogP contribution is 2.11. The van der Waals surface area contributed by atoms with Crippen molar-refractivity contribution < 1.29 is 14.4 Å². The standard InChI is InChI=1S/C13H13FN4O2S/c1-7-17-11(6-21-7)13(19)16-5-9-3-2-8(4-10(9)14)12(15)18-20/h2-4,6,20H,5H2,1H3,(H2,15,18)(H,16,19). The van der Waals surface area contributed by atoms with Gasteiger partial charge in [-0.2, -0.15) is 0 Å². The predicted octanol–water partition coefficient (Wildman–Crippen LogP) is 1.62. The lowest BCUT2D eigenvalue weighted by atomic mass is 10.1. The van der Waals surface area contributed by atoms with Crippen LogP contribution in [0.4, 0.5) is 4.39 Å². The van der Waals surface area contributed by atoms with Crippen LogP contribution in [0, 0.1) is 12.7 Å². The number of hydrogen-bond donors (Lipinski definition) is 3. The Labute approximate surface area is 124 Å². The summed E-state index contributed by atoms with van der Waals surface area (Å²) in [5.41, 5.74) is 6.24. The first-order chi connectivity index (χ1) is 10.0. The number of hydrogen-bond acceptors (Lipinski definition) is 5. The van der Waals surface area contributed by atoms with Crippen molar-refractivity contribution in [1.82, 2.24) is 10.3 Å². The van der Waals surface area contributed by atoms with Crippen LogP contribution in [-0.4, -0.2) is 21.9 Å². The van der Waals surface area contributed by atoms with Crippen molar-refractivity contribution in [3.8, 4) is 0 Å². The molecule has 0 atom stereocenters. The van der Waals surface area contributed by atoms with Gasteiger partial charge in [-0.1, -0.05) is 17.3 Å². The second-order valence-electron chi connectivity index (χ2n) is 4.23. The molecule has 0 saturated carbocycles. The monoisotopic (exact) mass is 308 g/mol. The number of thiazole rings is 1. The maximum Gasteiger partial charge on any atom is 0.271 e. The van der Waals surface area contributed by atoms with Gasteiger partial charge < -0.3 is 16.3 Å². The molecule has 0 aliphatic carbocycles. The Bertz CT molecular complexity index is 699. The molecule has 1 aromatic carbocycles. The molecule has 110 valence electrons. The Hall–Kier alpha value is -2.48. The maximum atomic E-state index is 13.8. The van der Waals surface area contributed by atoms with Gasteiger partial charge in [0.15, 0.2) is 5.84 Å². The molecule has 0 saturated heterocycles. The molecule has 4 N–H and O–H groups in total. The molecule has 0 spiro atoms. The number of amides is 1. The summed E-state index contributed by atoms with van der Waals surface area (Å²) in [4.78, 5) is 15.8. The summed E-state index contributed by atoms with van der Waals surface area (Å²) in [6, 6.07) is 4.12. The highest BCUT2D eigenvalue weighted by Gasteiger charge is 2.11. The molecule has 0 unspecified atom stereocenters. The van der Waals surface area contributed by atoms with Crippen LogP contribution in [0.3, 0.4) is 0 Å². The summed E-state index contributed by atoms with van der Waals surface area (Å²) in [6.45, 7) is 1.82. The Morgan fingerprint density at radius 2 is 2.33 bits per heavy atom. The molecule has 1 heterocycles. The molecule has 0 radical (unpaired) electrons. The van der Waals surface area contributed by atoms with Crippen LogP contribution in [0.5, 0.6) is 0 Å². The summed E-state index contributed by atoms with van der Waals surface area (Å²) in [6.07, 6.45) is 0. The number of carbonyl (C=O) groups excluding carboxylic acids is 1. The number of halogens is 1. The van der Waals surface area contributed by atoms with E-state index in [0.717, 1.165) is 11.1 Å². The second kappa shape index (κ2) is 6.31. The van der Waals surface area contributed by atoms with Gasteiger partial charge in [0.05, 0.1) is 5.01 Å². The summed E-state index contributed by atoms with van der Waals surface area (Å²) >= 11 is 1.37. The van der Waals surface area contributed by atoms with Crippen LogP contribution >= 0.6 is 11.3 Å². The zero-order valence-electron chi connectivity index (χ0n) is 11.1. The molecule has 1 amide bonds. The molecular formula is C13H13FN4O2S. The second-order valence-corrected chi connectivity index (χ2v) is 5.29. The van der Waals surface area contributed by atoms with Gasteiger partial charge in [-0.25, -0.2) is 9.37 Å². The number of carbonyl (C=O) groups is 1.